The summed E-state index contributed by atoms with van der Waals surface area (Å²) >= 11 is 6.13. The van der Waals surface area contributed by atoms with E-state index in [0.717, 1.165) is 17.3 Å². The van der Waals surface area contributed by atoms with E-state index in [1.54, 1.807) is 0 Å². The smallest absolute Gasteiger partial charge is 0.0640 e. The summed E-state index contributed by atoms with van der Waals surface area (Å²) in [6.07, 6.45) is 0. The average Bonchev–Trinajstić information content (AvgIpc) is 2.10. The Hall–Kier alpha value is -0.730. The van der Waals surface area contributed by atoms with Gasteiger partial charge < -0.3 is 10.2 Å². The second-order valence-electron chi connectivity index (χ2n) is 4.24. The van der Waals surface area contributed by atoms with Crippen molar-refractivity contribution < 1.29 is 0 Å². The Morgan fingerprint density at radius 1 is 1.40 bits per heavy atom. The molecule has 0 aliphatic carbocycles. The lowest BCUT2D eigenvalue weighted by molar-refractivity contribution is 0.392. The SMILES string of the molecule is Cc1cccc(Cl)c1NC(C)CN(C)C. The molecule has 1 rings (SSSR count). The lowest BCUT2D eigenvalue weighted by Crippen LogP contribution is -2.29. The van der Waals surface area contributed by atoms with Gasteiger partial charge in [0.25, 0.3) is 0 Å². The molecule has 3 heteroatoms. The number of likely N-dealkylation sites (N-methyl/N-ethyl adjacent to an activating group) is 1. The summed E-state index contributed by atoms with van der Waals surface area (Å²) in [5.74, 6) is 0. The zero-order valence-corrected chi connectivity index (χ0v) is 10.6. The monoisotopic (exact) mass is 226 g/mol. The molecule has 0 aliphatic rings. The van der Waals surface area contributed by atoms with Crippen LogP contribution in [0.3, 0.4) is 0 Å². The number of aryl methyl sites for hydroxylation is 1. The van der Waals surface area contributed by atoms with Crippen LogP contribution in [0.25, 0.3) is 0 Å². The van der Waals surface area contributed by atoms with Gasteiger partial charge in [-0.1, -0.05) is 23.7 Å². The van der Waals surface area contributed by atoms with Gasteiger partial charge in [-0.15, -0.1) is 0 Å². The fourth-order valence-corrected chi connectivity index (χ4v) is 1.93. The number of nitrogens with zero attached hydrogens (tertiary/aromatic N) is 1. The number of halogens is 1. The van der Waals surface area contributed by atoms with Crippen LogP contribution in [-0.4, -0.2) is 31.6 Å². The van der Waals surface area contributed by atoms with Gasteiger partial charge in [0.15, 0.2) is 0 Å². The molecule has 84 valence electrons. The molecule has 1 unspecified atom stereocenters. The summed E-state index contributed by atoms with van der Waals surface area (Å²) in [4.78, 5) is 2.16. The molecule has 0 bridgehead atoms. The second kappa shape index (κ2) is 5.38. The largest absolute Gasteiger partial charge is 0.380 e. The zero-order valence-electron chi connectivity index (χ0n) is 9.84. The molecule has 1 atom stereocenters. The first-order chi connectivity index (χ1) is 7.00. The average molecular weight is 227 g/mol. The summed E-state index contributed by atoms with van der Waals surface area (Å²) in [5, 5.41) is 4.23. The van der Waals surface area contributed by atoms with Crippen molar-refractivity contribution in [2.24, 2.45) is 0 Å². The standard InChI is InChI=1S/C12H19ClN2/c1-9-6-5-7-11(13)12(9)14-10(2)8-15(3)4/h5-7,10,14H,8H2,1-4H3. The first kappa shape index (κ1) is 12.3. The lowest BCUT2D eigenvalue weighted by Gasteiger charge is -2.21. The third kappa shape index (κ3) is 3.73. The second-order valence-corrected chi connectivity index (χ2v) is 4.65. The first-order valence-corrected chi connectivity index (χ1v) is 5.55. The van der Waals surface area contributed by atoms with E-state index < -0.39 is 0 Å². The van der Waals surface area contributed by atoms with E-state index >= 15 is 0 Å². The molecule has 1 N–H and O–H groups in total. The van der Waals surface area contributed by atoms with Crippen molar-refractivity contribution >= 4 is 17.3 Å². The molecular weight excluding hydrogens is 208 g/mol. The summed E-state index contributed by atoms with van der Waals surface area (Å²) < 4.78 is 0. The van der Waals surface area contributed by atoms with Crippen molar-refractivity contribution in [3.63, 3.8) is 0 Å². The summed E-state index contributed by atoms with van der Waals surface area (Å²) in [7, 11) is 4.13. The molecule has 1 aromatic carbocycles. The van der Waals surface area contributed by atoms with Gasteiger partial charge in [-0.3, -0.25) is 0 Å². The number of rotatable bonds is 4. The molecule has 2 nitrogen and oxygen atoms in total. The van der Waals surface area contributed by atoms with Gasteiger partial charge in [-0.05, 0) is 39.6 Å². The number of nitrogens with one attached hydrogen (secondary N) is 1. The highest BCUT2D eigenvalue weighted by molar-refractivity contribution is 6.33. The van der Waals surface area contributed by atoms with Crippen molar-refractivity contribution in [3.05, 3.63) is 28.8 Å². The molecule has 0 heterocycles. The summed E-state index contributed by atoms with van der Waals surface area (Å²) in [6.45, 7) is 5.21. The topological polar surface area (TPSA) is 15.3 Å². The van der Waals surface area contributed by atoms with Gasteiger partial charge in [0.1, 0.15) is 0 Å². The van der Waals surface area contributed by atoms with E-state index in [2.05, 4.69) is 44.2 Å². The highest BCUT2D eigenvalue weighted by Gasteiger charge is 2.07. The Morgan fingerprint density at radius 3 is 2.60 bits per heavy atom. The quantitative estimate of drug-likeness (QED) is 0.849. The zero-order chi connectivity index (χ0) is 11.4. The number of anilines is 1. The molecule has 0 saturated carbocycles. The Bertz CT molecular complexity index is 303. The van der Waals surface area contributed by atoms with Crippen molar-refractivity contribution in [2.75, 3.05) is 26.0 Å². The van der Waals surface area contributed by atoms with Crippen LogP contribution in [-0.2, 0) is 0 Å². The maximum Gasteiger partial charge on any atom is 0.0640 e. The Morgan fingerprint density at radius 2 is 2.07 bits per heavy atom. The lowest BCUT2D eigenvalue weighted by atomic mass is 10.2. The maximum absolute atomic E-state index is 6.13. The van der Waals surface area contributed by atoms with E-state index in [1.165, 1.54) is 5.56 Å². The van der Waals surface area contributed by atoms with Gasteiger partial charge in [0.2, 0.25) is 0 Å². The third-order valence-electron chi connectivity index (χ3n) is 2.25. The Labute approximate surface area is 97.2 Å². The van der Waals surface area contributed by atoms with Crippen LogP contribution < -0.4 is 5.32 Å². The molecule has 0 spiro atoms. The van der Waals surface area contributed by atoms with E-state index in [4.69, 9.17) is 11.6 Å². The van der Waals surface area contributed by atoms with Crippen LogP contribution in [0, 0.1) is 6.92 Å². The predicted octanol–water partition coefficient (Wildman–Crippen LogP) is 3.01. The van der Waals surface area contributed by atoms with Crippen LogP contribution in [0.5, 0.6) is 0 Å². The number of hydrogen-bond acceptors (Lipinski definition) is 2. The van der Waals surface area contributed by atoms with Crippen LogP contribution in [0.4, 0.5) is 5.69 Å². The molecular formula is C12H19ClN2. The summed E-state index contributed by atoms with van der Waals surface area (Å²) in [6, 6.07) is 6.34. The minimum Gasteiger partial charge on any atom is -0.380 e. The number of hydrogen-bond donors (Lipinski definition) is 1. The molecule has 0 saturated heterocycles. The van der Waals surface area contributed by atoms with Crippen molar-refractivity contribution in [2.45, 2.75) is 19.9 Å². The fraction of sp³-hybridized carbons (Fsp3) is 0.500. The normalized spacial score (nSPS) is 12.9. The van der Waals surface area contributed by atoms with Gasteiger partial charge in [0.05, 0.1) is 10.7 Å². The first-order valence-electron chi connectivity index (χ1n) is 5.17. The molecule has 0 amide bonds. The molecule has 0 aromatic heterocycles. The minimum atomic E-state index is 0.388. The van der Waals surface area contributed by atoms with Gasteiger partial charge in [-0.25, -0.2) is 0 Å². The van der Waals surface area contributed by atoms with Crippen LogP contribution in [0.2, 0.25) is 5.02 Å². The Balaban J connectivity index is 2.71. The van der Waals surface area contributed by atoms with Gasteiger partial charge in [0, 0.05) is 12.6 Å². The molecule has 15 heavy (non-hydrogen) atoms. The molecule has 0 radical (unpaired) electrons. The number of para-hydroxylation sites is 1. The Kier molecular flexibility index (Phi) is 4.43. The highest BCUT2D eigenvalue weighted by Crippen LogP contribution is 2.25. The van der Waals surface area contributed by atoms with Crippen molar-refractivity contribution in [1.29, 1.82) is 0 Å². The van der Waals surface area contributed by atoms with E-state index in [0.29, 0.717) is 6.04 Å². The van der Waals surface area contributed by atoms with Crippen LogP contribution in [0.15, 0.2) is 18.2 Å². The molecule has 1 aromatic rings. The highest BCUT2D eigenvalue weighted by atomic mass is 35.5. The van der Waals surface area contributed by atoms with Gasteiger partial charge >= 0.3 is 0 Å². The van der Waals surface area contributed by atoms with Crippen LogP contribution in [0.1, 0.15) is 12.5 Å². The third-order valence-corrected chi connectivity index (χ3v) is 2.57. The number of benzene rings is 1. The fourth-order valence-electron chi connectivity index (χ4n) is 1.65. The van der Waals surface area contributed by atoms with E-state index in [-0.39, 0.29) is 0 Å². The van der Waals surface area contributed by atoms with Crippen molar-refractivity contribution in [3.8, 4) is 0 Å². The van der Waals surface area contributed by atoms with E-state index in [1.807, 2.05) is 12.1 Å². The maximum atomic E-state index is 6.13. The predicted molar refractivity (Wildman–Crippen MR) is 67.8 cm³/mol. The van der Waals surface area contributed by atoms with Gasteiger partial charge in [-0.2, -0.15) is 0 Å². The van der Waals surface area contributed by atoms with Crippen LogP contribution >= 0.6 is 11.6 Å². The summed E-state index contributed by atoms with van der Waals surface area (Å²) in [5.41, 5.74) is 2.24. The molecule has 0 aliphatic heterocycles. The van der Waals surface area contributed by atoms with E-state index in [9.17, 15) is 0 Å². The molecule has 0 fully saturated rings. The van der Waals surface area contributed by atoms with Crippen molar-refractivity contribution in [1.82, 2.24) is 4.90 Å². The minimum absolute atomic E-state index is 0.388.